The molecule has 0 spiro atoms. The Hall–Kier alpha value is -3.07. The molecule has 9 heteroatoms. The first-order valence-corrected chi connectivity index (χ1v) is 8.53. The van der Waals surface area contributed by atoms with Gasteiger partial charge in [-0.25, -0.2) is 13.2 Å². The zero-order valence-electron chi connectivity index (χ0n) is 13.4. The Morgan fingerprint density at radius 2 is 1.72 bits per heavy atom. The number of ether oxygens (including phenoxy) is 1. The molecule has 1 amide bonds. The number of methoxy groups -OCH3 is 1. The second kappa shape index (κ2) is 7.22. The molecule has 0 bridgehead atoms. The minimum atomic E-state index is -3.97. The predicted octanol–water partition coefficient (Wildman–Crippen LogP) is 2.15. The number of carboxylic acids is 1. The SMILES string of the molecule is COc1ccc(C(=O)O)cc1NS(=O)(=O)c1ccc(NC(C)=O)cc1. The van der Waals surface area contributed by atoms with E-state index in [1.165, 1.54) is 56.5 Å². The zero-order chi connectivity index (χ0) is 18.6. The number of rotatable bonds is 6. The van der Waals surface area contributed by atoms with Gasteiger partial charge in [0.15, 0.2) is 0 Å². The molecule has 25 heavy (non-hydrogen) atoms. The number of carboxylic acid groups (broad SMARTS) is 1. The van der Waals surface area contributed by atoms with Gasteiger partial charge in [-0.3, -0.25) is 9.52 Å². The summed E-state index contributed by atoms with van der Waals surface area (Å²) in [4.78, 5) is 22.0. The summed E-state index contributed by atoms with van der Waals surface area (Å²) >= 11 is 0. The van der Waals surface area contributed by atoms with E-state index in [-0.39, 0.29) is 27.8 Å². The largest absolute Gasteiger partial charge is 0.495 e. The third-order valence-corrected chi connectivity index (χ3v) is 4.56. The number of hydrogen-bond donors (Lipinski definition) is 3. The molecule has 2 rings (SSSR count). The van der Waals surface area contributed by atoms with E-state index < -0.39 is 16.0 Å². The van der Waals surface area contributed by atoms with Crippen LogP contribution in [0.2, 0.25) is 0 Å². The molecule has 132 valence electrons. The third kappa shape index (κ3) is 4.48. The number of anilines is 2. The summed E-state index contributed by atoms with van der Waals surface area (Å²) in [5.74, 6) is -1.28. The summed E-state index contributed by atoms with van der Waals surface area (Å²) in [5.41, 5.74) is 0.379. The van der Waals surface area contributed by atoms with Crippen LogP contribution >= 0.6 is 0 Å². The van der Waals surface area contributed by atoms with Crippen LogP contribution in [0.4, 0.5) is 11.4 Å². The van der Waals surface area contributed by atoms with Crippen molar-refractivity contribution < 1.29 is 27.9 Å². The van der Waals surface area contributed by atoms with Crippen molar-refractivity contribution >= 4 is 33.3 Å². The molecule has 0 aliphatic rings. The molecule has 0 atom stereocenters. The van der Waals surface area contributed by atoms with Gasteiger partial charge in [0.2, 0.25) is 5.91 Å². The molecule has 0 aliphatic heterocycles. The van der Waals surface area contributed by atoms with Gasteiger partial charge >= 0.3 is 5.97 Å². The van der Waals surface area contributed by atoms with Crippen molar-refractivity contribution in [1.29, 1.82) is 0 Å². The molecule has 0 fully saturated rings. The van der Waals surface area contributed by atoms with Crippen molar-refractivity contribution in [1.82, 2.24) is 0 Å². The van der Waals surface area contributed by atoms with Gasteiger partial charge < -0.3 is 15.2 Å². The fourth-order valence-corrected chi connectivity index (χ4v) is 3.11. The van der Waals surface area contributed by atoms with Gasteiger partial charge in [0.05, 0.1) is 23.3 Å². The fraction of sp³-hybridized carbons (Fsp3) is 0.125. The van der Waals surface area contributed by atoms with Crippen LogP contribution in [0.25, 0.3) is 0 Å². The molecule has 8 nitrogen and oxygen atoms in total. The summed E-state index contributed by atoms with van der Waals surface area (Å²) in [6.07, 6.45) is 0. The quantitative estimate of drug-likeness (QED) is 0.722. The summed E-state index contributed by atoms with van der Waals surface area (Å²) < 4.78 is 32.3. The maximum Gasteiger partial charge on any atom is 0.335 e. The van der Waals surface area contributed by atoms with Crippen LogP contribution in [0.15, 0.2) is 47.4 Å². The van der Waals surface area contributed by atoms with E-state index >= 15 is 0 Å². The summed E-state index contributed by atoms with van der Waals surface area (Å²) in [6.45, 7) is 1.34. The highest BCUT2D eigenvalue weighted by molar-refractivity contribution is 7.92. The van der Waals surface area contributed by atoms with Crippen LogP contribution in [0.3, 0.4) is 0 Å². The van der Waals surface area contributed by atoms with E-state index in [0.717, 1.165) is 0 Å². The summed E-state index contributed by atoms with van der Waals surface area (Å²) in [5, 5.41) is 11.6. The topological polar surface area (TPSA) is 122 Å². The highest BCUT2D eigenvalue weighted by Gasteiger charge is 2.18. The van der Waals surface area contributed by atoms with Crippen molar-refractivity contribution in [2.75, 3.05) is 17.1 Å². The number of sulfonamides is 1. The minimum absolute atomic E-state index is 0.00772. The van der Waals surface area contributed by atoms with Gasteiger partial charge in [-0.1, -0.05) is 0 Å². The number of carbonyl (C=O) groups is 2. The van der Waals surface area contributed by atoms with Gasteiger partial charge in [-0.05, 0) is 42.5 Å². The van der Waals surface area contributed by atoms with Gasteiger partial charge in [0.1, 0.15) is 5.75 Å². The van der Waals surface area contributed by atoms with E-state index in [1.54, 1.807) is 0 Å². The number of aromatic carboxylic acids is 1. The van der Waals surface area contributed by atoms with Crippen LogP contribution in [-0.4, -0.2) is 32.5 Å². The lowest BCUT2D eigenvalue weighted by Gasteiger charge is -2.13. The second-order valence-corrected chi connectivity index (χ2v) is 6.71. The van der Waals surface area contributed by atoms with Crippen LogP contribution in [-0.2, 0) is 14.8 Å². The van der Waals surface area contributed by atoms with Gasteiger partial charge in [-0.15, -0.1) is 0 Å². The Bertz CT molecular complexity index is 907. The van der Waals surface area contributed by atoms with Crippen molar-refractivity contribution in [3.05, 3.63) is 48.0 Å². The average Bonchev–Trinajstić information content (AvgIpc) is 2.54. The molecule has 0 aromatic heterocycles. The Labute approximate surface area is 144 Å². The molecular formula is C16H16N2O6S. The number of amides is 1. The smallest absolute Gasteiger partial charge is 0.335 e. The van der Waals surface area contributed by atoms with E-state index in [4.69, 9.17) is 9.84 Å². The standard InChI is InChI=1S/C16H16N2O6S/c1-10(19)17-12-4-6-13(7-5-12)25(22,23)18-14-9-11(16(20)21)3-8-15(14)24-2/h3-9,18H,1-2H3,(H,17,19)(H,20,21). The molecule has 0 radical (unpaired) electrons. The van der Waals surface area contributed by atoms with Crippen molar-refractivity contribution in [3.8, 4) is 5.75 Å². The molecule has 0 aliphatic carbocycles. The molecule has 2 aromatic rings. The Kier molecular flexibility index (Phi) is 5.28. The average molecular weight is 364 g/mol. The van der Waals surface area contributed by atoms with Crippen molar-refractivity contribution in [2.45, 2.75) is 11.8 Å². The van der Waals surface area contributed by atoms with Gasteiger partial charge in [0.25, 0.3) is 10.0 Å². The normalized spacial score (nSPS) is 10.8. The monoisotopic (exact) mass is 364 g/mol. The minimum Gasteiger partial charge on any atom is -0.495 e. The molecule has 3 N–H and O–H groups in total. The lowest BCUT2D eigenvalue weighted by molar-refractivity contribution is -0.114. The van der Waals surface area contributed by atoms with Gasteiger partial charge in [-0.2, -0.15) is 0 Å². The lowest BCUT2D eigenvalue weighted by atomic mass is 10.2. The van der Waals surface area contributed by atoms with Crippen LogP contribution in [0, 0.1) is 0 Å². The van der Waals surface area contributed by atoms with Crippen molar-refractivity contribution in [3.63, 3.8) is 0 Å². The Morgan fingerprint density at radius 1 is 1.08 bits per heavy atom. The highest BCUT2D eigenvalue weighted by atomic mass is 32.2. The molecule has 0 heterocycles. The second-order valence-electron chi connectivity index (χ2n) is 5.03. The zero-order valence-corrected chi connectivity index (χ0v) is 14.3. The van der Waals surface area contributed by atoms with Crippen LogP contribution < -0.4 is 14.8 Å². The molecule has 2 aromatic carbocycles. The molecular weight excluding hydrogens is 348 g/mol. The van der Waals surface area contributed by atoms with E-state index in [0.29, 0.717) is 5.69 Å². The maximum atomic E-state index is 12.5. The summed E-state index contributed by atoms with van der Waals surface area (Å²) in [6, 6.07) is 9.37. The van der Waals surface area contributed by atoms with Crippen LogP contribution in [0.1, 0.15) is 17.3 Å². The van der Waals surface area contributed by atoms with Crippen LogP contribution in [0.5, 0.6) is 5.75 Å². The lowest BCUT2D eigenvalue weighted by Crippen LogP contribution is -2.14. The Morgan fingerprint density at radius 3 is 2.24 bits per heavy atom. The van der Waals surface area contributed by atoms with E-state index in [9.17, 15) is 18.0 Å². The Balaban J connectivity index is 2.33. The van der Waals surface area contributed by atoms with Crippen molar-refractivity contribution in [2.24, 2.45) is 0 Å². The first-order valence-electron chi connectivity index (χ1n) is 7.05. The predicted molar refractivity (Wildman–Crippen MR) is 91.5 cm³/mol. The van der Waals surface area contributed by atoms with E-state index in [1.807, 2.05) is 0 Å². The number of carbonyl (C=O) groups excluding carboxylic acids is 1. The highest BCUT2D eigenvalue weighted by Crippen LogP contribution is 2.28. The number of benzene rings is 2. The van der Waals surface area contributed by atoms with Gasteiger partial charge in [0, 0.05) is 12.6 Å². The number of nitrogens with one attached hydrogen (secondary N) is 2. The van der Waals surface area contributed by atoms with E-state index in [2.05, 4.69) is 10.0 Å². The first kappa shape index (κ1) is 18.3. The fourth-order valence-electron chi connectivity index (χ4n) is 2.05. The molecule has 0 unspecified atom stereocenters. The summed E-state index contributed by atoms with van der Waals surface area (Å²) in [7, 11) is -2.63. The maximum absolute atomic E-state index is 12.5. The molecule has 0 saturated carbocycles. The third-order valence-electron chi connectivity index (χ3n) is 3.18. The first-order chi connectivity index (χ1) is 11.7. The number of hydrogen-bond acceptors (Lipinski definition) is 5. The molecule has 0 saturated heterocycles.